The van der Waals surface area contributed by atoms with Gasteiger partial charge in [-0.1, -0.05) is 117 Å². The van der Waals surface area contributed by atoms with Crippen molar-refractivity contribution in [1.29, 1.82) is 0 Å². The minimum Gasteiger partial charge on any atom is -0.308 e. The average Bonchev–Trinajstić information content (AvgIpc) is 2.72. The molecular weight excluding hydrogens is 338 g/mol. The highest BCUT2D eigenvalue weighted by molar-refractivity contribution is 5.02. The van der Waals surface area contributed by atoms with Crippen molar-refractivity contribution in [3.05, 3.63) is 0 Å². The van der Waals surface area contributed by atoms with E-state index >= 15 is 0 Å². The second-order valence-electron chi connectivity index (χ2n) is 10.4. The first-order valence-electron chi connectivity index (χ1n) is 13.5. The summed E-state index contributed by atoms with van der Waals surface area (Å²) >= 11 is 0. The van der Waals surface area contributed by atoms with Gasteiger partial charge in [-0.15, -0.1) is 0 Å². The van der Waals surface area contributed by atoms with Crippen LogP contribution in [0.4, 0.5) is 0 Å². The van der Waals surface area contributed by atoms with Crippen molar-refractivity contribution in [2.75, 3.05) is 0 Å². The van der Waals surface area contributed by atoms with Gasteiger partial charge in [0.05, 0.1) is 0 Å². The molecule has 3 atom stereocenters. The van der Waals surface area contributed by atoms with Gasteiger partial charge in [-0.25, -0.2) is 0 Å². The Morgan fingerprint density at radius 1 is 0.679 bits per heavy atom. The Labute approximate surface area is 178 Å². The summed E-state index contributed by atoms with van der Waals surface area (Å²) in [4.78, 5) is 0. The zero-order valence-corrected chi connectivity index (χ0v) is 19.9. The van der Waals surface area contributed by atoms with E-state index in [4.69, 9.17) is 0 Å². The van der Waals surface area contributed by atoms with Crippen molar-refractivity contribution < 1.29 is 0 Å². The fourth-order valence-electron chi connectivity index (χ4n) is 6.41. The summed E-state index contributed by atoms with van der Waals surface area (Å²) in [6, 6.07) is 0.844. The molecular formula is C27H53N. The van der Waals surface area contributed by atoms with Crippen LogP contribution in [0.5, 0.6) is 0 Å². The molecule has 1 aliphatic heterocycles. The maximum atomic E-state index is 4.35. The molecule has 1 aliphatic carbocycles. The van der Waals surface area contributed by atoms with Crippen LogP contribution in [0.1, 0.15) is 149 Å². The van der Waals surface area contributed by atoms with Gasteiger partial charge in [0, 0.05) is 11.6 Å². The molecule has 28 heavy (non-hydrogen) atoms. The summed E-state index contributed by atoms with van der Waals surface area (Å²) in [5.41, 5.74) is 0.482. The van der Waals surface area contributed by atoms with Crippen molar-refractivity contribution in [1.82, 2.24) is 5.32 Å². The maximum absolute atomic E-state index is 4.35. The molecule has 2 rings (SSSR count). The normalized spacial score (nSPS) is 26.9. The van der Waals surface area contributed by atoms with Crippen LogP contribution in [-0.4, -0.2) is 11.6 Å². The van der Waals surface area contributed by atoms with E-state index in [2.05, 4.69) is 26.1 Å². The van der Waals surface area contributed by atoms with Crippen LogP contribution in [0.2, 0.25) is 0 Å². The van der Waals surface area contributed by atoms with E-state index in [1.54, 1.807) is 0 Å². The predicted octanol–water partition coefficient (Wildman–Crippen LogP) is 8.80. The molecule has 166 valence electrons. The molecule has 0 aromatic rings. The number of piperidine rings is 1. The summed E-state index contributed by atoms with van der Waals surface area (Å²) in [6.07, 6.45) is 29.0. The van der Waals surface area contributed by atoms with Crippen LogP contribution in [0, 0.1) is 11.8 Å². The van der Waals surface area contributed by atoms with E-state index in [0.717, 1.165) is 17.9 Å². The van der Waals surface area contributed by atoms with E-state index in [9.17, 15) is 0 Å². The third-order valence-corrected chi connectivity index (χ3v) is 8.02. The maximum Gasteiger partial charge on any atom is 0.0187 e. The SMILES string of the molecule is CCCCCCC1CC(CCCCCC)(CCCCCC)NC2CCCCC12. The molecule has 1 heteroatoms. The molecule has 1 nitrogen and oxygen atoms in total. The van der Waals surface area contributed by atoms with Gasteiger partial charge in [0.2, 0.25) is 0 Å². The Bertz CT molecular complexity index is 364. The van der Waals surface area contributed by atoms with Gasteiger partial charge in [-0.05, 0) is 43.9 Å². The number of fused-ring (bicyclic) bond motifs is 1. The van der Waals surface area contributed by atoms with E-state index < -0.39 is 0 Å². The lowest BCUT2D eigenvalue weighted by molar-refractivity contribution is 0.0390. The number of hydrogen-bond donors (Lipinski definition) is 1. The Kier molecular flexibility index (Phi) is 12.2. The summed E-state index contributed by atoms with van der Waals surface area (Å²) in [5, 5.41) is 4.35. The summed E-state index contributed by atoms with van der Waals surface area (Å²) in [5.74, 6) is 2.01. The van der Waals surface area contributed by atoms with Crippen LogP contribution >= 0.6 is 0 Å². The van der Waals surface area contributed by atoms with Gasteiger partial charge < -0.3 is 5.32 Å². The molecule has 0 spiro atoms. The molecule has 0 aromatic carbocycles. The molecule has 1 N–H and O–H groups in total. The fourth-order valence-corrected chi connectivity index (χ4v) is 6.41. The third-order valence-electron chi connectivity index (χ3n) is 8.02. The molecule has 2 aliphatic rings. The van der Waals surface area contributed by atoms with E-state index in [1.165, 1.54) is 128 Å². The third kappa shape index (κ3) is 8.00. The van der Waals surface area contributed by atoms with Crippen LogP contribution in [0.25, 0.3) is 0 Å². The number of nitrogens with one attached hydrogen (secondary N) is 1. The van der Waals surface area contributed by atoms with Gasteiger partial charge >= 0.3 is 0 Å². The first kappa shape index (κ1) is 24.2. The summed E-state index contributed by atoms with van der Waals surface area (Å²) in [7, 11) is 0. The molecule has 1 heterocycles. The number of unbranched alkanes of at least 4 members (excludes halogenated alkanes) is 9. The minimum absolute atomic E-state index is 0.482. The molecule has 0 amide bonds. The van der Waals surface area contributed by atoms with Crippen molar-refractivity contribution in [2.45, 2.75) is 161 Å². The van der Waals surface area contributed by atoms with Gasteiger partial charge in [0.25, 0.3) is 0 Å². The fraction of sp³-hybridized carbons (Fsp3) is 1.00. The van der Waals surface area contributed by atoms with Crippen LogP contribution < -0.4 is 5.32 Å². The highest BCUT2D eigenvalue weighted by atomic mass is 15.0. The largest absolute Gasteiger partial charge is 0.308 e. The Morgan fingerprint density at radius 2 is 1.25 bits per heavy atom. The van der Waals surface area contributed by atoms with Crippen molar-refractivity contribution in [3.63, 3.8) is 0 Å². The Hall–Kier alpha value is -0.0400. The quantitative estimate of drug-likeness (QED) is 0.275. The zero-order chi connectivity index (χ0) is 20.1. The second kappa shape index (κ2) is 14.1. The second-order valence-corrected chi connectivity index (χ2v) is 10.4. The molecule has 2 fully saturated rings. The van der Waals surface area contributed by atoms with Gasteiger partial charge in [-0.2, -0.15) is 0 Å². The van der Waals surface area contributed by atoms with Gasteiger partial charge in [0.15, 0.2) is 0 Å². The van der Waals surface area contributed by atoms with E-state index in [-0.39, 0.29) is 0 Å². The first-order chi connectivity index (χ1) is 13.7. The highest BCUT2D eigenvalue weighted by Gasteiger charge is 2.44. The van der Waals surface area contributed by atoms with Crippen molar-refractivity contribution in [2.24, 2.45) is 11.8 Å². The van der Waals surface area contributed by atoms with Crippen molar-refractivity contribution in [3.8, 4) is 0 Å². The van der Waals surface area contributed by atoms with Crippen LogP contribution in [0.15, 0.2) is 0 Å². The first-order valence-corrected chi connectivity index (χ1v) is 13.5. The van der Waals surface area contributed by atoms with Crippen LogP contribution in [0.3, 0.4) is 0 Å². The number of hydrogen-bond acceptors (Lipinski definition) is 1. The highest BCUT2D eigenvalue weighted by Crippen LogP contribution is 2.45. The molecule has 0 aromatic heterocycles. The zero-order valence-electron chi connectivity index (χ0n) is 19.9. The predicted molar refractivity (Wildman–Crippen MR) is 126 cm³/mol. The Morgan fingerprint density at radius 3 is 1.86 bits per heavy atom. The van der Waals surface area contributed by atoms with E-state index in [1.807, 2.05) is 0 Å². The lowest BCUT2D eigenvalue weighted by Crippen LogP contribution is -2.60. The average molecular weight is 392 g/mol. The van der Waals surface area contributed by atoms with Gasteiger partial charge in [0.1, 0.15) is 0 Å². The monoisotopic (exact) mass is 391 g/mol. The molecule has 1 saturated heterocycles. The lowest BCUT2D eigenvalue weighted by Gasteiger charge is -2.52. The molecule has 0 bridgehead atoms. The van der Waals surface area contributed by atoms with E-state index in [0.29, 0.717) is 5.54 Å². The standard InChI is InChI=1S/C27H53N/c1-4-7-10-13-18-24-23-27(21-16-11-8-5-2,22-17-12-9-6-3)28-26-20-15-14-19-25(24)26/h24-26,28H,4-23H2,1-3H3. The van der Waals surface area contributed by atoms with Crippen LogP contribution in [-0.2, 0) is 0 Å². The lowest BCUT2D eigenvalue weighted by atomic mass is 9.64. The molecule has 1 saturated carbocycles. The molecule has 0 radical (unpaired) electrons. The molecule has 3 unspecified atom stereocenters. The minimum atomic E-state index is 0.482. The summed E-state index contributed by atoms with van der Waals surface area (Å²) < 4.78 is 0. The smallest absolute Gasteiger partial charge is 0.0187 e. The van der Waals surface area contributed by atoms with Crippen molar-refractivity contribution >= 4 is 0 Å². The summed E-state index contributed by atoms with van der Waals surface area (Å²) in [6.45, 7) is 7.04. The topological polar surface area (TPSA) is 12.0 Å². The Balaban J connectivity index is 2.01. The van der Waals surface area contributed by atoms with Gasteiger partial charge in [-0.3, -0.25) is 0 Å². The number of rotatable bonds is 15.